The number of rotatable bonds is 8. The summed E-state index contributed by atoms with van der Waals surface area (Å²) in [7, 11) is 1.64. The third-order valence-electron chi connectivity index (χ3n) is 3.66. The van der Waals surface area contributed by atoms with Crippen molar-refractivity contribution in [3.8, 4) is 0 Å². The number of imide groups is 1. The van der Waals surface area contributed by atoms with Crippen LogP contribution in [0.4, 0.5) is 0 Å². The van der Waals surface area contributed by atoms with Gasteiger partial charge in [-0.3, -0.25) is 19.3 Å². The second-order valence-electron chi connectivity index (χ2n) is 5.42. The van der Waals surface area contributed by atoms with Gasteiger partial charge in [0.1, 0.15) is 0 Å². The van der Waals surface area contributed by atoms with Crippen molar-refractivity contribution >= 4 is 17.6 Å². The van der Waals surface area contributed by atoms with Crippen LogP contribution in [0, 0.1) is 5.92 Å². The van der Waals surface area contributed by atoms with E-state index in [0.29, 0.717) is 32.2 Å². The Balaban J connectivity index is 2.30. The molecule has 0 unspecified atom stereocenters. The molecule has 0 aromatic rings. The quantitative estimate of drug-likeness (QED) is 0.487. The number of hydrogen-bond acceptors (Lipinski definition) is 5. The lowest BCUT2D eigenvalue weighted by atomic mass is 10.0. The second-order valence-corrected chi connectivity index (χ2v) is 5.42. The van der Waals surface area contributed by atoms with Gasteiger partial charge in [-0.2, -0.15) is 0 Å². The summed E-state index contributed by atoms with van der Waals surface area (Å²) in [5.74, 6) is -0.493. The molecule has 6 nitrogen and oxygen atoms in total. The first-order valence-electron chi connectivity index (χ1n) is 7.10. The van der Waals surface area contributed by atoms with Crippen molar-refractivity contribution < 1.29 is 19.5 Å². The Kier molecular flexibility index (Phi) is 6.29. The van der Waals surface area contributed by atoms with Crippen molar-refractivity contribution in [2.45, 2.75) is 51.7 Å². The molecule has 0 aromatic carbocycles. The molecule has 0 aromatic heterocycles. The summed E-state index contributed by atoms with van der Waals surface area (Å²) in [6, 6.07) is -0.551. The van der Waals surface area contributed by atoms with Gasteiger partial charge in [0.15, 0.2) is 5.78 Å². The SMILES string of the molecule is CN[C@H](C(=O)CCCCN1C(=O)C[C@H](C)C1=O)[C@@H](C)O. The van der Waals surface area contributed by atoms with E-state index in [1.54, 1.807) is 20.9 Å². The number of hydrogen-bond donors (Lipinski definition) is 2. The highest BCUT2D eigenvalue weighted by Crippen LogP contribution is 2.19. The maximum absolute atomic E-state index is 11.8. The number of nitrogens with zero attached hydrogens (tertiary/aromatic N) is 1. The lowest BCUT2D eigenvalue weighted by Gasteiger charge is -2.18. The van der Waals surface area contributed by atoms with E-state index in [-0.39, 0.29) is 23.5 Å². The predicted octanol–water partition coefficient (Wildman–Crippen LogP) is 0.0896. The molecule has 20 heavy (non-hydrogen) atoms. The van der Waals surface area contributed by atoms with Crippen LogP contribution in [-0.2, 0) is 14.4 Å². The van der Waals surface area contributed by atoms with Crippen LogP contribution in [0.15, 0.2) is 0 Å². The number of Topliss-reactive ketones (excluding diaryl/α,β-unsaturated/α-hetero) is 1. The first-order valence-corrected chi connectivity index (χ1v) is 7.10. The molecule has 1 rings (SSSR count). The van der Waals surface area contributed by atoms with E-state index < -0.39 is 12.1 Å². The van der Waals surface area contributed by atoms with E-state index in [4.69, 9.17) is 0 Å². The normalized spacial score (nSPS) is 22.2. The number of nitrogens with one attached hydrogen (secondary N) is 1. The van der Waals surface area contributed by atoms with Crippen molar-refractivity contribution in [1.29, 1.82) is 0 Å². The van der Waals surface area contributed by atoms with Gasteiger partial charge >= 0.3 is 0 Å². The Bertz CT molecular complexity index is 381. The molecule has 1 aliphatic rings. The molecular formula is C14H24N2O4. The van der Waals surface area contributed by atoms with Crippen molar-refractivity contribution in [1.82, 2.24) is 10.2 Å². The third kappa shape index (κ3) is 4.11. The van der Waals surface area contributed by atoms with Crippen LogP contribution in [0.3, 0.4) is 0 Å². The number of likely N-dealkylation sites (N-methyl/N-ethyl adjacent to an activating group) is 1. The summed E-state index contributed by atoms with van der Waals surface area (Å²) in [5, 5.41) is 12.2. The Morgan fingerprint density at radius 1 is 1.45 bits per heavy atom. The summed E-state index contributed by atoms with van der Waals surface area (Å²) < 4.78 is 0. The number of amides is 2. The molecule has 0 aliphatic carbocycles. The fourth-order valence-corrected chi connectivity index (χ4v) is 2.48. The molecule has 1 saturated heterocycles. The van der Waals surface area contributed by atoms with Gasteiger partial charge in [-0.05, 0) is 26.8 Å². The Hall–Kier alpha value is -1.27. The molecule has 1 fully saturated rings. The third-order valence-corrected chi connectivity index (χ3v) is 3.66. The summed E-state index contributed by atoms with van der Waals surface area (Å²) in [4.78, 5) is 36.4. The van der Waals surface area contributed by atoms with E-state index in [2.05, 4.69) is 5.32 Å². The first kappa shape index (κ1) is 16.8. The smallest absolute Gasteiger partial charge is 0.232 e. The minimum absolute atomic E-state index is 0.0463. The number of carbonyl (C=O) groups is 3. The van der Waals surface area contributed by atoms with Crippen molar-refractivity contribution in [2.75, 3.05) is 13.6 Å². The van der Waals surface area contributed by atoms with Crippen molar-refractivity contribution in [3.63, 3.8) is 0 Å². The average Bonchev–Trinajstić information content (AvgIpc) is 2.60. The number of likely N-dealkylation sites (tertiary alicyclic amines) is 1. The van der Waals surface area contributed by atoms with Gasteiger partial charge < -0.3 is 10.4 Å². The minimum atomic E-state index is -0.727. The Morgan fingerprint density at radius 2 is 2.10 bits per heavy atom. The van der Waals surface area contributed by atoms with Crippen molar-refractivity contribution in [2.24, 2.45) is 5.92 Å². The number of carbonyl (C=O) groups excluding carboxylic acids is 3. The van der Waals surface area contributed by atoms with Gasteiger partial charge in [-0.15, -0.1) is 0 Å². The lowest BCUT2D eigenvalue weighted by molar-refractivity contribution is -0.139. The fourth-order valence-electron chi connectivity index (χ4n) is 2.48. The lowest BCUT2D eigenvalue weighted by Crippen LogP contribution is -2.42. The summed E-state index contributed by atoms with van der Waals surface area (Å²) >= 11 is 0. The molecule has 2 amide bonds. The monoisotopic (exact) mass is 284 g/mol. The molecule has 1 heterocycles. The van der Waals surface area contributed by atoms with Crippen LogP contribution >= 0.6 is 0 Å². The minimum Gasteiger partial charge on any atom is -0.391 e. The van der Waals surface area contributed by atoms with Gasteiger partial charge in [0, 0.05) is 25.3 Å². The zero-order valence-electron chi connectivity index (χ0n) is 12.4. The number of unbranched alkanes of at least 4 members (excludes halogenated alkanes) is 1. The number of aliphatic hydroxyl groups is 1. The molecule has 0 radical (unpaired) electrons. The van der Waals surface area contributed by atoms with Crippen LogP contribution in [-0.4, -0.2) is 53.3 Å². The van der Waals surface area contributed by atoms with Crippen LogP contribution in [0.5, 0.6) is 0 Å². The largest absolute Gasteiger partial charge is 0.391 e. The van der Waals surface area contributed by atoms with Gasteiger partial charge in [0.25, 0.3) is 0 Å². The van der Waals surface area contributed by atoms with E-state index in [1.807, 2.05) is 0 Å². The molecule has 1 aliphatic heterocycles. The highest BCUT2D eigenvalue weighted by Gasteiger charge is 2.34. The van der Waals surface area contributed by atoms with E-state index in [0.717, 1.165) is 0 Å². The molecule has 6 heteroatoms. The summed E-state index contributed by atoms with van der Waals surface area (Å²) in [6.07, 6.45) is 1.13. The Morgan fingerprint density at radius 3 is 2.55 bits per heavy atom. The van der Waals surface area contributed by atoms with Crippen LogP contribution < -0.4 is 5.32 Å². The van der Waals surface area contributed by atoms with E-state index >= 15 is 0 Å². The highest BCUT2D eigenvalue weighted by atomic mass is 16.3. The number of aliphatic hydroxyl groups excluding tert-OH is 1. The van der Waals surface area contributed by atoms with Gasteiger partial charge in [0.05, 0.1) is 12.1 Å². The van der Waals surface area contributed by atoms with Crippen LogP contribution in [0.2, 0.25) is 0 Å². The topological polar surface area (TPSA) is 86.7 Å². The summed E-state index contributed by atoms with van der Waals surface area (Å²) in [5.41, 5.74) is 0. The molecule has 3 atom stereocenters. The zero-order chi connectivity index (χ0) is 15.3. The highest BCUT2D eigenvalue weighted by molar-refractivity contribution is 6.03. The predicted molar refractivity (Wildman–Crippen MR) is 73.9 cm³/mol. The van der Waals surface area contributed by atoms with Crippen LogP contribution in [0.1, 0.15) is 39.5 Å². The maximum Gasteiger partial charge on any atom is 0.232 e. The number of ketones is 1. The second kappa shape index (κ2) is 7.50. The zero-order valence-corrected chi connectivity index (χ0v) is 12.4. The molecule has 0 spiro atoms. The molecule has 2 N–H and O–H groups in total. The molecular weight excluding hydrogens is 260 g/mol. The van der Waals surface area contributed by atoms with E-state index in [9.17, 15) is 19.5 Å². The van der Waals surface area contributed by atoms with Gasteiger partial charge in [-0.25, -0.2) is 0 Å². The average molecular weight is 284 g/mol. The molecule has 0 bridgehead atoms. The maximum atomic E-state index is 11.8. The van der Waals surface area contributed by atoms with Crippen LogP contribution in [0.25, 0.3) is 0 Å². The van der Waals surface area contributed by atoms with Gasteiger partial charge in [0.2, 0.25) is 11.8 Å². The fraction of sp³-hybridized carbons (Fsp3) is 0.786. The first-order chi connectivity index (χ1) is 9.38. The van der Waals surface area contributed by atoms with Gasteiger partial charge in [-0.1, -0.05) is 6.92 Å². The standard InChI is InChI=1S/C14H24N2O4/c1-9-8-12(19)16(14(9)20)7-5-4-6-11(18)13(15-3)10(2)17/h9-10,13,15,17H,4-8H2,1-3H3/t9-,10+,13-/m0/s1. The summed E-state index contributed by atoms with van der Waals surface area (Å²) in [6.45, 7) is 3.71. The van der Waals surface area contributed by atoms with Crippen molar-refractivity contribution in [3.05, 3.63) is 0 Å². The Labute approximate surface area is 119 Å². The van der Waals surface area contributed by atoms with E-state index in [1.165, 1.54) is 4.90 Å². The molecule has 0 saturated carbocycles. The molecule has 114 valence electrons.